The lowest BCUT2D eigenvalue weighted by Crippen LogP contribution is -2.30. The molecule has 0 saturated carbocycles. The number of esters is 3. The van der Waals surface area contributed by atoms with Crippen LogP contribution in [0.4, 0.5) is 0 Å². The summed E-state index contributed by atoms with van der Waals surface area (Å²) < 4.78 is 16.6. The summed E-state index contributed by atoms with van der Waals surface area (Å²) in [6, 6.07) is 0. The normalized spacial score (nSPS) is 12.5. The number of carbonyl (C=O) groups excluding carboxylic acids is 3. The SMILES string of the molecule is CC/C=C\C/C=C\C/C=C\C/C=C\CCCCCCCCCCCCCCCCCCCCC(=O)OCC(COC(=O)CCCCCCC)OC(=O)CCCCCCC/C=C\CCCC. The number of hydrogen-bond acceptors (Lipinski definition) is 6. The van der Waals surface area contributed by atoms with E-state index in [-0.39, 0.29) is 31.1 Å². The molecule has 0 saturated heterocycles. The zero-order valence-corrected chi connectivity index (χ0v) is 43.0. The summed E-state index contributed by atoms with van der Waals surface area (Å²) in [5.41, 5.74) is 0. The van der Waals surface area contributed by atoms with Gasteiger partial charge in [-0.3, -0.25) is 14.4 Å². The van der Waals surface area contributed by atoms with Crippen molar-refractivity contribution in [3.8, 4) is 0 Å². The van der Waals surface area contributed by atoms with Crippen LogP contribution in [0.2, 0.25) is 0 Å². The molecule has 6 heteroatoms. The van der Waals surface area contributed by atoms with Crippen molar-refractivity contribution in [1.29, 1.82) is 0 Å². The molecule has 0 aromatic heterocycles. The van der Waals surface area contributed by atoms with Crippen molar-refractivity contribution in [2.24, 2.45) is 0 Å². The molecule has 0 aromatic carbocycles. The van der Waals surface area contributed by atoms with Crippen LogP contribution in [-0.2, 0) is 28.6 Å². The van der Waals surface area contributed by atoms with E-state index in [0.29, 0.717) is 19.3 Å². The van der Waals surface area contributed by atoms with Gasteiger partial charge in [0.2, 0.25) is 0 Å². The van der Waals surface area contributed by atoms with Gasteiger partial charge in [-0.15, -0.1) is 0 Å². The Balaban J connectivity index is 3.90. The maximum absolute atomic E-state index is 12.7. The highest BCUT2D eigenvalue weighted by molar-refractivity contribution is 5.71. The van der Waals surface area contributed by atoms with Crippen molar-refractivity contribution in [3.05, 3.63) is 60.8 Å². The third kappa shape index (κ3) is 51.9. The fourth-order valence-electron chi connectivity index (χ4n) is 7.83. The Labute approximate surface area is 402 Å². The van der Waals surface area contributed by atoms with Crippen LogP contribution in [0.25, 0.3) is 0 Å². The molecule has 1 atom stereocenters. The molecule has 0 fully saturated rings. The Bertz CT molecular complexity index is 1180. The minimum absolute atomic E-state index is 0.0747. The lowest BCUT2D eigenvalue weighted by atomic mass is 10.0. The van der Waals surface area contributed by atoms with Crippen LogP contribution in [0, 0.1) is 0 Å². The van der Waals surface area contributed by atoms with E-state index in [1.54, 1.807) is 0 Å². The molecule has 0 aliphatic carbocycles. The van der Waals surface area contributed by atoms with Gasteiger partial charge in [0.25, 0.3) is 0 Å². The molecule has 0 aliphatic rings. The number of unbranched alkanes of at least 4 members (excludes halogenated alkanes) is 29. The van der Waals surface area contributed by atoms with Gasteiger partial charge >= 0.3 is 17.9 Å². The fraction of sp³-hybridized carbons (Fsp3) is 0.780. The van der Waals surface area contributed by atoms with Crippen molar-refractivity contribution in [2.75, 3.05) is 13.2 Å². The molecule has 0 aliphatic heterocycles. The van der Waals surface area contributed by atoms with E-state index in [1.807, 2.05) is 0 Å². The Kier molecular flexibility index (Phi) is 51.3. The predicted octanol–water partition coefficient (Wildman–Crippen LogP) is 18.4. The Hall–Kier alpha value is -2.89. The van der Waals surface area contributed by atoms with Crippen molar-refractivity contribution in [3.63, 3.8) is 0 Å². The molecule has 0 heterocycles. The summed E-state index contributed by atoms with van der Waals surface area (Å²) in [5.74, 6) is -0.892. The van der Waals surface area contributed by atoms with Crippen LogP contribution in [0.1, 0.15) is 278 Å². The topological polar surface area (TPSA) is 78.9 Å². The molecule has 65 heavy (non-hydrogen) atoms. The van der Waals surface area contributed by atoms with E-state index in [0.717, 1.165) is 103 Å². The highest BCUT2D eigenvalue weighted by atomic mass is 16.6. The zero-order chi connectivity index (χ0) is 47.2. The van der Waals surface area contributed by atoms with Gasteiger partial charge in [0.15, 0.2) is 6.10 Å². The number of rotatable bonds is 50. The Morgan fingerprint density at radius 1 is 0.323 bits per heavy atom. The molecular formula is C59H104O6. The molecule has 0 N–H and O–H groups in total. The van der Waals surface area contributed by atoms with Crippen LogP contribution >= 0.6 is 0 Å². The quantitative estimate of drug-likeness (QED) is 0.0262. The van der Waals surface area contributed by atoms with Gasteiger partial charge in [-0.25, -0.2) is 0 Å². The third-order valence-electron chi connectivity index (χ3n) is 12.0. The zero-order valence-electron chi connectivity index (χ0n) is 43.0. The number of allylic oxidation sites excluding steroid dienone is 10. The fourth-order valence-corrected chi connectivity index (χ4v) is 7.83. The molecule has 1 unspecified atom stereocenters. The van der Waals surface area contributed by atoms with Crippen molar-refractivity contribution in [2.45, 2.75) is 284 Å². The van der Waals surface area contributed by atoms with Crippen molar-refractivity contribution < 1.29 is 28.6 Å². The first-order valence-corrected chi connectivity index (χ1v) is 27.8. The van der Waals surface area contributed by atoms with Gasteiger partial charge in [-0.05, 0) is 77.0 Å². The molecule has 376 valence electrons. The molecule has 0 radical (unpaired) electrons. The largest absolute Gasteiger partial charge is 0.462 e. The molecule has 0 bridgehead atoms. The summed E-state index contributed by atoms with van der Waals surface area (Å²) in [4.78, 5) is 37.6. The second-order valence-electron chi connectivity index (χ2n) is 18.5. The van der Waals surface area contributed by atoms with E-state index >= 15 is 0 Å². The van der Waals surface area contributed by atoms with Gasteiger partial charge in [-0.2, -0.15) is 0 Å². The standard InChI is InChI=1S/C59H104O6/c1-4-7-10-13-15-17-19-20-21-22-23-24-25-26-27-28-29-30-31-32-33-34-35-36-37-38-40-41-43-46-49-52-58(61)64-55-56(54-63-57(60)51-48-45-12-9-6-3)65-59(62)53-50-47-44-42-39-18-16-14-11-8-5-2/h7,10,14-17,20-21,23-24,56H,4-6,8-9,11-13,18-19,22,25-55H2,1-3H3/b10-7-,16-14-,17-15-,21-20-,24-23-. The molecular weight excluding hydrogens is 805 g/mol. The summed E-state index contributed by atoms with van der Waals surface area (Å²) in [6.45, 7) is 6.41. The first-order valence-electron chi connectivity index (χ1n) is 27.8. The molecule has 0 aromatic rings. The minimum Gasteiger partial charge on any atom is -0.462 e. The minimum atomic E-state index is -0.770. The maximum atomic E-state index is 12.7. The average molecular weight is 909 g/mol. The van der Waals surface area contributed by atoms with E-state index < -0.39 is 6.10 Å². The average Bonchev–Trinajstić information content (AvgIpc) is 3.30. The van der Waals surface area contributed by atoms with E-state index in [1.165, 1.54) is 135 Å². The van der Waals surface area contributed by atoms with Crippen LogP contribution in [-0.4, -0.2) is 37.2 Å². The van der Waals surface area contributed by atoms with Gasteiger partial charge in [0.05, 0.1) is 0 Å². The lowest BCUT2D eigenvalue weighted by Gasteiger charge is -2.18. The number of hydrogen-bond donors (Lipinski definition) is 0. The first kappa shape index (κ1) is 62.1. The van der Waals surface area contributed by atoms with E-state index in [2.05, 4.69) is 81.5 Å². The van der Waals surface area contributed by atoms with Crippen LogP contribution in [0.5, 0.6) is 0 Å². The van der Waals surface area contributed by atoms with Crippen molar-refractivity contribution >= 4 is 17.9 Å². The lowest BCUT2D eigenvalue weighted by molar-refractivity contribution is -0.167. The highest BCUT2D eigenvalue weighted by Crippen LogP contribution is 2.16. The molecule has 0 amide bonds. The van der Waals surface area contributed by atoms with Crippen molar-refractivity contribution in [1.82, 2.24) is 0 Å². The third-order valence-corrected chi connectivity index (χ3v) is 12.0. The predicted molar refractivity (Wildman–Crippen MR) is 279 cm³/mol. The highest BCUT2D eigenvalue weighted by Gasteiger charge is 2.19. The smallest absolute Gasteiger partial charge is 0.306 e. The molecule has 0 spiro atoms. The summed E-state index contributed by atoms with van der Waals surface area (Å²) >= 11 is 0. The molecule has 0 rings (SSSR count). The second kappa shape index (κ2) is 53.7. The van der Waals surface area contributed by atoms with E-state index in [4.69, 9.17) is 14.2 Å². The van der Waals surface area contributed by atoms with Gasteiger partial charge < -0.3 is 14.2 Å². The monoisotopic (exact) mass is 909 g/mol. The van der Waals surface area contributed by atoms with Gasteiger partial charge in [-0.1, -0.05) is 242 Å². The maximum Gasteiger partial charge on any atom is 0.306 e. The number of carbonyl (C=O) groups is 3. The summed E-state index contributed by atoms with van der Waals surface area (Å²) in [7, 11) is 0. The second-order valence-corrected chi connectivity index (χ2v) is 18.5. The first-order chi connectivity index (χ1) is 32.0. The molecule has 6 nitrogen and oxygen atoms in total. The Morgan fingerprint density at radius 2 is 0.615 bits per heavy atom. The van der Waals surface area contributed by atoms with Gasteiger partial charge in [0, 0.05) is 19.3 Å². The van der Waals surface area contributed by atoms with Crippen LogP contribution in [0.3, 0.4) is 0 Å². The van der Waals surface area contributed by atoms with Crippen LogP contribution < -0.4 is 0 Å². The van der Waals surface area contributed by atoms with Crippen LogP contribution in [0.15, 0.2) is 60.8 Å². The van der Waals surface area contributed by atoms with Gasteiger partial charge in [0.1, 0.15) is 13.2 Å². The summed E-state index contributed by atoms with van der Waals surface area (Å²) in [6.07, 6.45) is 67.1. The Morgan fingerprint density at radius 3 is 1.00 bits per heavy atom. The van der Waals surface area contributed by atoms with E-state index in [9.17, 15) is 14.4 Å². The summed E-state index contributed by atoms with van der Waals surface area (Å²) in [5, 5.41) is 0. The number of ether oxygens (including phenoxy) is 3.